The molecule has 1 atom stereocenters. The minimum Gasteiger partial charge on any atom is -0.358 e. The van der Waals surface area contributed by atoms with Crippen molar-refractivity contribution in [3.63, 3.8) is 0 Å². The Hall–Kier alpha value is -2.46. The SMILES string of the molecule is CC1(C)CC(=O)C2=C(C1)Nc1ccc3cccnc3c1C2c1ccc(Br)cc1. The van der Waals surface area contributed by atoms with Crippen LogP contribution in [0.3, 0.4) is 0 Å². The average molecular weight is 433 g/mol. The number of anilines is 1. The van der Waals surface area contributed by atoms with Crippen LogP contribution < -0.4 is 5.32 Å². The van der Waals surface area contributed by atoms with E-state index in [9.17, 15) is 4.79 Å². The van der Waals surface area contributed by atoms with E-state index in [0.717, 1.165) is 49.9 Å². The second kappa shape index (κ2) is 6.28. The molecule has 3 nitrogen and oxygen atoms in total. The third kappa shape index (κ3) is 2.78. The maximum absolute atomic E-state index is 13.3. The molecule has 3 aromatic rings. The molecule has 1 aromatic heterocycles. The lowest BCUT2D eigenvalue weighted by Crippen LogP contribution is -2.34. The van der Waals surface area contributed by atoms with Crippen molar-refractivity contribution in [3.8, 4) is 0 Å². The Morgan fingerprint density at radius 1 is 1.07 bits per heavy atom. The largest absolute Gasteiger partial charge is 0.358 e. The number of allylic oxidation sites excluding steroid dienone is 2. The van der Waals surface area contributed by atoms with Crippen molar-refractivity contribution in [2.24, 2.45) is 5.41 Å². The molecule has 4 heteroatoms. The highest BCUT2D eigenvalue weighted by Crippen LogP contribution is 2.50. The van der Waals surface area contributed by atoms with Gasteiger partial charge in [0.2, 0.25) is 0 Å². The van der Waals surface area contributed by atoms with Gasteiger partial charge in [0.25, 0.3) is 0 Å². The van der Waals surface area contributed by atoms with Gasteiger partial charge in [0.15, 0.2) is 5.78 Å². The van der Waals surface area contributed by atoms with E-state index in [-0.39, 0.29) is 17.1 Å². The fraction of sp³-hybridized carbons (Fsp3) is 0.250. The molecule has 2 heterocycles. The summed E-state index contributed by atoms with van der Waals surface area (Å²) in [5, 5.41) is 4.69. The maximum Gasteiger partial charge on any atom is 0.162 e. The van der Waals surface area contributed by atoms with Crippen molar-refractivity contribution in [3.05, 3.63) is 81.6 Å². The summed E-state index contributed by atoms with van der Waals surface area (Å²) in [6.45, 7) is 4.34. The maximum atomic E-state index is 13.3. The summed E-state index contributed by atoms with van der Waals surface area (Å²) in [6, 6.07) is 16.6. The van der Waals surface area contributed by atoms with Crippen LogP contribution in [0.4, 0.5) is 5.69 Å². The Bertz CT molecular complexity index is 1140. The van der Waals surface area contributed by atoms with Crippen LogP contribution in [0.25, 0.3) is 10.9 Å². The van der Waals surface area contributed by atoms with E-state index in [0.29, 0.717) is 6.42 Å². The van der Waals surface area contributed by atoms with Gasteiger partial charge in [-0.1, -0.05) is 54.0 Å². The van der Waals surface area contributed by atoms with Crippen molar-refractivity contribution < 1.29 is 4.79 Å². The van der Waals surface area contributed by atoms with Gasteiger partial charge in [-0.2, -0.15) is 0 Å². The summed E-state index contributed by atoms with van der Waals surface area (Å²) in [6.07, 6.45) is 3.28. The molecule has 140 valence electrons. The molecule has 5 rings (SSSR count). The summed E-state index contributed by atoms with van der Waals surface area (Å²) in [4.78, 5) is 18.0. The topological polar surface area (TPSA) is 42.0 Å². The first kappa shape index (κ1) is 17.6. The van der Waals surface area contributed by atoms with E-state index in [1.54, 1.807) is 0 Å². The molecule has 0 radical (unpaired) electrons. The van der Waals surface area contributed by atoms with Crippen LogP contribution >= 0.6 is 15.9 Å². The Labute approximate surface area is 173 Å². The zero-order valence-electron chi connectivity index (χ0n) is 15.9. The molecular formula is C24H21BrN2O. The first-order valence-electron chi connectivity index (χ1n) is 9.59. The Kier molecular flexibility index (Phi) is 3.95. The molecule has 0 bridgehead atoms. The molecule has 2 aliphatic rings. The zero-order valence-corrected chi connectivity index (χ0v) is 17.5. The highest BCUT2D eigenvalue weighted by molar-refractivity contribution is 9.10. The Balaban J connectivity index is 1.81. The van der Waals surface area contributed by atoms with E-state index >= 15 is 0 Å². The first-order chi connectivity index (χ1) is 13.4. The second-order valence-corrected chi connectivity index (χ2v) is 9.46. The number of Topliss-reactive ketones (excluding diaryl/α,β-unsaturated/α-hetero) is 1. The number of carbonyl (C=O) groups excluding carboxylic acids is 1. The highest BCUT2D eigenvalue weighted by Gasteiger charge is 2.41. The third-order valence-corrected chi connectivity index (χ3v) is 6.33. The molecular weight excluding hydrogens is 412 g/mol. The van der Waals surface area contributed by atoms with Gasteiger partial charge in [0.05, 0.1) is 5.52 Å². The van der Waals surface area contributed by atoms with Crippen LogP contribution in [0.1, 0.15) is 43.7 Å². The number of benzene rings is 2. The predicted molar refractivity (Wildman–Crippen MR) is 116 cm³/mol. The highest BCUT2D eigenvalue weighted by atomic mass is 79.9. The molecule has 1 unspecified atom stereocenters. The van der Waals surface area contributed by atoms with E-state index in [1.807, 2.05) is 24.4 Å². The van der Waals surface area contributed by atoms with Gasteiger partial charge in [0.1, 0.15) is 0 Å². The van der Waals surface area contributed by atoms with Gasteiger partial charge >= 0.3 is 0 Å². The lowest BCUT2D eigenvalue weighted by Gasteiger charge is -2.39. The lowest BCUT2D eigenvalue weighted by atomic mass is 9.68. The van der Waals surface area contributed by atoms with Crippen LogP contribution in [0.2, 0.25) is 0 Å². The van der Waals surface area contributed by atoms with E-state index in [4.69, 9.17) is 4.98 Å². The molecule has 0 amide bonds. The summed E-state index contributed by atoms with van der Waals surface area (Å²) in [7, 11) is 0. The van der Waals surface area contributed by atoms with Gasteiger partial charge in [-0.15, -0.1) is 0 Å². The number of aromatic nitrogens is 1. The van der Waals surface area contributed by atoms with E-state index in [2.05, 4.69) is 65.4 Å². The number of ketones is 1. The minimum atomic E-state index is -0.0958. The molecule has 1 N–H and O–H groups in total. The molecule has 2 aromatic carbocycles. The quantitative estimate of drug-likeness (QED) is 0.497. The Morgan fingerprint density at radius 3 is 2.64 bits per heavy atom. The van der Waals surface area contributed by atoms with Crippen molar-refractivity contribution in [2.75, 3.05) is 5.32 Å². The molecule has 0 saturated carbocycles. The van der Waals surface area contributed by atoms with Gasteiger partial charge in [-0.3, -0.25) is 9.78 Å². The fourth-order valence-corrected chi connectivity index (χ4v) is 4.91. The van der Waals surface area contributed by atoms with Gasteiger partial charge in [-0.25, -0.2) is 0 Å². The lowest BCUT2D eigenvalue weighted by molar-refractivity contribution is -0.118. The summed E-state index contributed by atoms with van der Waals surface area (Å²) >= 11 is 3.53. The molecule has 28 heavy (non-hydrogen) atoms. The van der Waals surface area contributed by atoms with Crippen molar-refractivity contribution in [2.45, 2.75) is 32.6 Å². The standard InChI is InChI=1S/C24H21BrN2O/c1-24(2)12-18-21(19(28)13-24)20(14-5-8-16(25)9-6-14)22-17(27-18)10-7-15-4-3-11-26-23(15)22/h3-11,20,27H,12-13H2,1-2H3. The normalized spacial score (nSPS) is 20.5. The number of nitrogens with zero attached hydrogens (tertiary/aromatic N) is 1. The number of hydrogen-bond donors (Lipinski definition) is 1. The van der Waals surface area contributed by atoms with Crippen LogP contribution in [0.15, 0.2) is 70.5 Å². The summed E-state index contributed by atoms with van der Waals surface area (Å²) in [5.74, 6) is 0.145. The molecule has 1 aliphatic carbocycles. The summed E-state index contributed by atoms with van der Waals surface area (Å²) in [5.41, 5.74) is 6.20. The monoisotopic (exact) mass is 432 g/mol. The van der Waals surface area contributed by atoms with Gasteiger partial charge in [0, 0.05) is 50.9 Å². The Morgan fingerprint density at radius 2 is 1.86 bits per heavy atom. The van der Waals surface area contributed by atoms with Crippen molar-refractivity contribution in [1.82, 2.24) is 4.98 Å². The van der Waals surface area contributed by atoms with Gasteiger partial charge in [-0.05, 0) is 41.7 Å². The zero-order chi connectivity index (χ0) is 19.5. The number of carbonyl (C=O) groups is 1. The number of pyridine rings is 1. The molecule has 0 saturated heterocycles. The van der Waals surface area contributed by atoms with Crippen LogP contribution in [0, 0.1) is 5.41 Å². The van der Waals surface area contributed by atoms with Crippen LogP contribution in [0.5, 0.6) is 0 Å². The van der Waals surface area contributed by atoms with Gasteiger partial charge < -0.3 is 5.32 Å². The van der Waals surface area contributed by atoms with Crippen molar-refractivity contribution >= 4 is 38.3 Å². The molecule has 0 spiro atoms. The smallest absolute Gasteiger partial charge is 0.162 e. The van der Waals surface area contributed by atoms with E-state index < -0.39 is 0 Å². The number of hydrogen-bond acceptors (Lipinski definition) is 3. The summed E-state index contributed by atoms with van der Waals surface area (Å²) < 4.78 is 1.03. The van der Waals surface area contributed by atoms with Crippen molar-refractivity contribution in [1.29, 1.82) is 0 Å². The number of rotatable bonds is 1. The second-order valence-electron chi connectivity index (χ2n) is 8.54. The fourth-order valence-electron chi connectivity index (χ4n) is 4.65. The first-order valence-corrected chi connectivity index (χ1v) is 10.4. The molecule has 0 fully saturated rings. The number of fused-ring (bicyclic) bond motifs is 3. The molecule has 1 aliphatic heterocycles. The van der Waals surface area contributed by atoms with Crippen LogP contribution in [-0.4, -0.2) is 10.8 Å². The van der Waals surface area contributed by atoms with Crippen LogP contribution in [-0.2, 0) is 4.79 Å². The third-order valence-electron chi connectivity index (χ3n) is 5.80. The van der Waals surface area contributed by atoms with E-state index in [1.165, 1.54) is 0 Å². The predicted octanol–water partition coefficient (Wildman–Crippen LogP) is 6.20. The number of nitrogens with one attached hydrogen (secondary N) is 1. The average Bonchev–Trinajstić information content (AvgIpc) is 2.66. The minimum absolute atomic E-state index is 0.0280. The number of halogens is 1.